The summed E-state index contributed by atoms with van der Waals surface area (Å²) in [7, 11) is 1.52. The molecule has 2 heterocycles. The molecule has 2 aromatic rings. The van der Waals surface area contributed by atoms with Crippen LogP contribution in [0.1, 0.15) is 5.56 Å². The Morgan fingerprint density at radius 2 is 2.20 bits per heavy atom. The van der Waals surface area contributed by atoms with Crippen LogP contribution in [0.5, 0.6) is 5.75 Å². The zero-order valence-electron chi connectivity index (χ0n) is 8.31. The van der Waals surface area contributed by atoms with Crippen molar-refractivity contribution in [1.29, 1.82) is 0 Å². The summed E-state index contributed by atoms with van der Waals surface area (Å²) < 4.78 is 6.72. The van der Waals surface area contributed by atoms with E-state index in [0.29, 0.717) is 11.6 Å². The molecule has 5 nitrogen and oxygen atoms in total. The van der Waals surface area contributed by atoms with Crippen molar-refractivity contribution in [2.24, 2.45) is 0 Å². The molecule has 0 aromatic carbocycles. The van der Waals surface area contributed by atoms with Gasteiger partial charge in [-0.05, 0) is 12.5 Å². The van der Waals surface area contributed by atoms with Gasteiger partial charge in [-0.3, -0.25) is 0 Å². The zero-order chi connectivity index (χ0) is 10.8. The minimum atomic E-state index is 0.274. The second kappa shape index (κ2) is 3.86. The maximum Gasteiger partial charge on any atom is 0.201 e. The summed E-state index contributed by atoms with van der Waals surface area (Å²) in [6.07, 6.45) is 4.94. The predicted molar refractivity (Wildman–Crippen MR) is 55.5 cm³/mol. The van der Waals surface area contributed by atoms with E-state index in [-0.39, 0.29) is 5.15 Å². The van der Waals surface area contributed by atoms with E-state index >= 15 is 0 Å². The first-order chi connectivity index (χ1) is 7.22. The Labute approximate surface area is 91.7 Å². The molecular weight excluding hydrogens is 216 g/mol. The molecule has 0 bridgehead atoms. The van der Waals surface area contributed by atoms with Crippen molar-refractivity contribution in [3.05, 3.63) is 29.4 Å². The molecule has 0 atom stereocenters. The van der Waals surface area contributed by atoms with Gasteiger partial charge in [0.05, 0.1) is 13.3 Å². The van der Waals surface area contributed by atoms with E-state index in [2.05, 4.69) is 15.1 Å². The van der Waals surface area contributed by atoms with Crippen LogP contribution in [0.4, 0.5) is 0 Å². The van der Waals surface area contributed by atoms with Crippen molar-refractivity contribution in [3.8, 4) is 11.6 Å². The third-order valence-electron chi connectivity index (χ3n) is 1.87. The van der Waals surface area contributed by atoms with Crippen LogP contribution in [-0.2, 0) is 0 Å². The normalized spacial score (nSPS) is 10.3. The molecule has 2 aromatic heterocycles. The Balaban J connectivity index is 2.57. The van der Waals surface area contributed by atoms with Gasteiger partial charge in [0.15, 0.2) is 5.15 Å². The standard InChI is InChI=1S/C9H9ClN4O/c1-6-3-13-14(4-6)9-7(15-2)8(10)11-5-12-9/h3-5H,1-2H3. The molecule has 0 radical (unpaired) electrons. The molecule has 0 aliphatic carbocycles. The summed E-state index contributed by atoms with van der Waals surface area (Å²) in [5.41, 5.74) is 1.03. The number of hydrogen-bond acceptors (Lipinski definition) is 4. The third kappa shape index (κ3) is 1.78. The quantitative estimate of drug-likeness (QED) is 0.728. The lowest BCUT2D eigenvalue weighted by Gasteiger charge is -2.07. The summed E-state index contributed by atoms with van der Waals surface area (Å²) in [6, 6.07) is 0. The van der Waals surface area contributed by atoms with Gasteiger partial charge in [0, 0.05) is 6.20 Å². The summed E-state index contributed by atoms with van der Waals surface area (Å²) in [4.78, 5) is 7.90. The van der Waals surface area contributed by atoms with Crippen molar-refractivity contribution >= 4 is 11.6 Å². The maximum absolute atomic E-state index is 5.87. The number of hydrogen-bond donors (Lipinski definition) is 0. The minimum Gasteiger partial charge on any atom is -0.490 e. The fourth-order valence-corrected chi connectivity index (χ4v) is 1.42. The van der Waals surface area contributed by atoms with E-state index < -0.39 is 0 Å². The molecule has 0 fully saturated rings. The molecule has 0 N–H and O–H groups in total. The number of aryl methyl sites for hydroxylation is 1. The fourth-order valence-electron chi connectivity index (χ4n) is 1.21. The van der Waals surface area contributed by atoms with Crippen molar-refractivity contribution in [2.45, 2.75) is 6.92 Å². The Morgan fingerprint density at radius 1 is 1.40 bits per heavy atom. The lowest BCUT2D eigenvalue weighted by molar-refractivity contribution is 0.407. The lowest BCUT2D eigenvalue weighted by Crippen LogP contribution is -2.02. The van der Waals surface area contributed by atoms with Crippen LogP contribution in [0.3, 0.4) is 0 Å². The Morgan fingerprint density at radius 3 is 2.80 bits per heavy atom. The number of rotatable bonds is 2. The van der Waals surface area contributed by atoms with Crippen LogP contribution < -0.4 is 4.74 Å². The van der Waals surface area contributed by atoms with Crippen molar-refractivity contribution in [2.75, 3.05) is 7.11 Å². The highest BCUT2D eigenvalue weighted by molar-refractivity contribution is 6.31. The SMILES string of the molecule is COc1c(Cl)ncnc1-n1cc(C)cn1. The molecule has 78 valence electrons. The van der Waals surface area contributed by atoms with Gasteiger partial charge in [-0.15, -0.1) is 0 Å². The second-order valence-corrected chi connectivity index (χ2v) is 3.34. The van der Waals surface area contributed by atoms with E-state index in [1.165, 1.54) is 13.4 Å². The Kier molecular flexibility index (Phi) is 2.55. The molecule has 15 heavy (non-hydrogen) atoms. The zero-order valence-corrected chi connectivity index (χ0v) is 9.06. The second-order valence-electron chi connectivity index (χ2n) is 2.98. The average Bonchev–Trinajstić information content (AvgIpc) is 2.64. The number of nitrogens with zero attached hydrogens (tertiary/aromatic N) is 4. The molecular formula is C9H9ClN4O. The first kappa shape index (κ1) is 9.92. The molecule has 0 saturated heterocycles. The van der Waals surface area contributed by atoms with Gasteiger partial charge in [-0.2, -0.15) is 5.10 Å². The largest absolute Gasteiger partial charge is 0.490 e. The average molecular weight is 225 g/mol. The van der Waals surface area contributed by atoms with E-state index in [0.717, 1.165) is 5.56 Å². The summed E-state index contributed by atoms with van der Waals surface area (Å²) >= 11 is 5.87. The van der Waals surface area contributed by atoms with E-state index in [1.54, 1.807) is 10.9 Å². The number of ether oxygens (including phenoxy) is 1. The van der Waals surface area contributed by atoms with Crippen LogP contribution in [0.15, 0.2) is 18.7 Å². The number of methoxy groups -OCH3 is 1. The highest BCUT2D eigenvalue weighted by atomic mass is 35.5. The Bertz CT molecular complexity index is 483. The number of halogens is 1. The van der Waals surface area contributed by atoms with Gasteiger partial charge in [0.2, 0.25) is 11.6 Å². The molecule has 2 rings (SSSR count). The summed E-state index contributed by atoms with van der Waals surface area (Å²) in [6.45, 7) is 1.94. The van der Waals surface area contributed by atoms with Gasteiger partial charge in [0.25, 0.3) is 0 Å². The number of aromatic nitrogens is 4. The fraction of sp³-hybridized carbons (Fsp3) is 0.222. The molecule has 6 heteroatoms. The van der Waals surface area contributed by atoms with Gasteiger partial charge in [-0.1, -0.05) is 11.6 Å². The first-order valence-corrected chi connectivity index (χ1v) is 4.66. The monoisotopic (exact) mass is 224 g/mol. The highest BCUT2D eigenvalue weighted by Gasteiger charge is 2.12. The smallest absolute Gasteiger partial charge is 0.201 e. The maximum atomic E-state index is 5.87. The van der Waals surface area contributed by atoms with Gasteiger partial charge < -0.3 is 4.74 Å². The summed E-state index contributed by atoms with van der Waals surface area (Å²) in [5, 5.41) is 4.40. The first-order valence-electron chi connectivity index (χ1n) is 4.28. The predicted octanol–water partition coefficient (Wildman–Crippen LogP) is 1.63. The van der Waals surface area contributed by atoms with Crippen LogP contribution in [0, 0.1) is 6.92 Å². The third-order valence-corrected chi connectivity index (χ3v) is 2.14. The van der Waals surface area contributed by atoms with Crippen LogP contribution in [0.2, 0.25) is 5.15 Å². The van der Waals surface area contributed by atoms with Crippen LogP contribution in [0.25, 0.3) is 5.82 Å². The molecule has 0 aliphatic rings. The van der Waals surface area contributed by atoms with Crippen molar-refractivity contribution in [3.63, 3.8) is 0 Å². The topological polar surface area (TPSA) is 52.8 Å². The molecule has 0 spiro atoms. The van der Waals surface area contributed by atoms with E-state index in [4.69, 9.17) is 16.3 Å². The van der Waals surface area contributed by atoms with Crippen LogP contribution >= 0.6 is 11.6 Å². The Hall–Kier alpha value is -1.62. The van der Waals surface area contributed by atoms with Gasteiger partial charge >= 0.3 is 0 Å². The van der Waals surface area contributed by atoms with E-state index in [1.807, 2.05) is 13.1 Å². The summed E-state index contributed by atoms with van der Waals surface area (Å²) in [5.74, 6) is 0.952. The molecule has 0 amide bonds. The minimum absolute atomic E-state index is 0.274. The van der Waals surface area contributed by atoms with Crippen molar-refractivity contribution < 1.29 is 4.74 Å². The van der Waals surface area contributed by atoms with Gasteiger partial charge in [-0.25, -0.2) is 14.6 Å². The highest BCUT2D eigenvalue weighted by Crippen LogP contribution is 2.26. The van der Waals surface area contributed by atoms with Crippen molar-refractivity contribution in [1.82, 2.24) is 19.7 Å². The molecule has 0 aliphatic heterocycles. The van der Waals surface area contributed by atoms with Crippen LogP contribution in [-0.4, -0.2) is 26.9 Å². The molecule has 0 saturated carbocycles. The lowest BCUT2D eigenvalue weighted by atomic mass is 10.4. The van der Waals surface area contributed by atoms with E-state index in [9.17, 15) is 0 Å². The van der Waals surface area contributed by atoms with Gasteiger partial charge in [0.1, 0.15) is 6.33 Å². The molecule has 0 unspecified atom stereocenters.